The molecule has 0 aliphatic heterocycles. The van der Waals surface area contributed by atoms with Crippen molar-refractivity contribution >= 4 is 5.97 Å². The Morgan fingerprint density at radius 2 is 1.75 bits per heavy atom. The van der Waals surface area contributed by atoms with E-state index in [0.29, 0.717) is 12.8 Å². The van der Waals surface area contributed by atoms with Crippen molar-refractivity contribution in [2.45, 2.75) is 19.3 Å². The summed E-state index contributed by atoms with van der Waals surface area (Å²) < 4.78 is 15.3. The van der Waals surface area contributed by atoms with Crippen LogP contribution in [-0.4, -0.2) is 19.9 Å². The molecule has 4 nitrogen and oxygen atoms in total. The van der Waals surface area contributed by atoms with Crippen molar-refractivity contribution in [3.8, 4) is 5.75 Å². The highest BCUT2D eigenvalue weighted by molar-refractivity contribution is 5.70. The zero-order chi connectivity index (χ0) is 17.0. The quantitative estimate of drug-likeness (QED) is 0.398. The van der Waals surface area contributed by atoms with Crippen LogP contribution in [0.5, 0.6) is 5.75 Å². The normalized spacial score (nSPS) is 10.7. The van der Waals surface area contributed by atoms with Crippen LogP contribution >= 0.6 is 0 Å². The fraction of sp³-hybridized carbons (Fsp3) is 0.250. The average molecular weight is 326 g/mol. The van der Waals surface area contributed by atoms with Crippen molar-refractivity contribution in [1.29, 1.82) is 0 Å². The molecular weight excluding hydrogens is 304 g/mol. The maximum Gasteiger partial charge on any atom is 0.310 e. The van der Waals surface area contributed by atoms with E-state index in [-0.39, 0.29) is 12.8 Å². The minimum Gasteiger partial charge on any atom is -0.468 e. The van der Waals surface area contributed by atoms with Gasteiger partial charge in [0.1, 0.15) is 5.75 Å². The molecular formula is C20H22O4. The number of esters is 1. The van der Waals surface area contributed by atoms with Gasteiger partial charge in [-0.3, -0.25) is 4.79 Å². The number of benzene rings is 2. The van der Waals surface area contributed by atoms with Crippen LogP contribution in [0.25, 0.3) is 0 Å². The Morgan fingerprint density at radius 1 is 1.00 bits per heavy atom. The van der Waals surface area contributed by atoms with Crippen molar-refractivity contribution in [1.82, 2.24) is 0 Å². The van der Waals surface area contributed by atoms with Crippen molar-refractivity contribution in [3.05, 3.63) is 78.1 Å². The lowest BCUT2D eigenvalue weighted by atomic mass is 10.1. The van der Waals surface area contributed by atoms with E-state index in [1.165, 1.54) is 11.8 Å². The minimum atomic E-state index is -0.237. The van der Waals surface area contributed by atoms with Crippen LogP contribution in [0.2, 0.25) is 0 Å². The van der Waals surface area contributed by atoms with Crippen molar-refractivity contribution in [2.75, 3.05) is 13.9 Å². The highest BCUT2D eigenvalue weighted by Crippen LogP contribution is 2.13. The first-order chi connectivity index (χ1) is 11.8. The van der Waals surface area contributed by atoms with Gasteiger partial charge in [0.05, 0.1) is 6.26 Å². The third kappa shape index (κ3) is 6.67. The van der Waals surface area contributed by atoms with E-state index in [4.69, 9.17) is 14.2 Å². The number of carbonyl (C=O) groups excluding carboxylic acids is 1. The SMILES string of the molecule is COCOc1ccc(CCC(=O)O/C=C/Cc2ccccc2)cc1. The number of methoxy groups -OCH3 is 1. The molecule has 0 saturated heterocycles. The average Bonchev–Trinajstić information content (AvgIpc) is 2.63. The molecule has 0 unspecified atom stereocenters. The first kappa shape index (κ1) is 17.8. The summed E-state index contributed by atoms with van der Waals surface area (Å²) in [5.74, 6) is 0.506. The van der Waals surface area contributed by atoms with Crippen LogP contribution in [0.15, 0.2) is 66.9 Å². The lowest BCUT2D eigenvalue weighted by molar-refractivity contribution is -0.137. The number of rotatable bonds is 9. The van der Waals surface area contributed by atoms with Crippen LogP contribution in [0.4, 0.5) is 0 Å². The van der Waals surface area contributed by atoms with Gasteiger partial charge in [-0.05, 0) is 42.2 Å². The summed E-state index contributed by atoms with van der Waals surface area (Å²) in [6.07, 6.45) is 5.03. The van der Waals surface area contributed by atoms with E-state index < -0.39 is 0 Å². The van der Waals surface area contributed by atoms with E-state index in [1.807, 2.05) is 60.7 Å². The molecule has 126 valence electrons. The van der Waals surface area contributed by atoms with Crippen LogP contribution < -0.4 is 4.74 Å². The van der Waals surface area contributed by atoms with Crippen molar-refractivity contribution in [2.24, 2.45) is 0 Å². The third-order valence-electron chi connectivity index (χ3n) is 3.38. The summed E-state index contributed by atoms with van der Waals surface area (Å²) in [4.78, 5) is 11.7. The predicted molar refractivity (Wildman–Crippen MR) is 92.6 cm³/mol. The molecule has 0 aromatic heterocycles. The molecule has 0 amide bonds. The molecule has 24 heavy (non-hydrogen) atoms. The Labute approximate surface area is 142 Å². The second-order valence-corrected chi connectivity index (χ2v) is 5.25. The fourth-order valence-corrected chi connectivity index (χ4v) is 2.11. The fourth-order valence-electron chi connectivity index (χ4n) is 2.11. The monoisotopic (exact) mass is 326 g/mol. The Hall–Kier alpha value is -2.59. The topological polar surface area (TPSA) is 44.8 Å². The largest absolute Gasteiger partial charge is 0.468 e. The number of ether oxygens (including phenoxy) is 3. The molecule has 0 aliphatic carbocycles. The lowest BCUT2D eigenvalue weighted by Crippen LogP contribution is -2.02. The summed E-state index contributed by atoms with van der Waals surface area (Å²) in [6, 6.07) is 17.6. The molecule has 0 spiro atoms. The molecule has 0 aliphatic rings. The molecule has 0 fully saturated rings. The molecule has 0 atom stereocenters. The van der Waals surface area contributed by atoms with E-state index in [9.17, 15) is 4.79 Å². The van der Waals surface area contributed by atoms with Gasteiger partial charge >= 0.3 is 5.97 Å². The van der Waals surface area contributed by atoms with Gasteiger partial charge in [0, 0.05) is 13.5 Å². The second kappa shape index (κ2) is 10.2. The first-order valence-corrected chi connectivity index (χ1v) is 7.87. The zero-order valence-electron chi connectivity index (χ0n) is 13.8. The molecule has 4 heteroatoms. The molecule has 0 bridgehead atoms. The van der Waals surface area contributed by atoms with E-state index >= 15 is 0 Å². The van der Waals surface area contributed by atoms with Crippen LogP contribution in [0.3, 0.4) is 0 Å². The van der Waals surface area contributed by atoms with Gasteiger partial charge in [0.25, 0.3) is 0 Å². The first-order valence-electron chi connectivity index (χ1n) is 7.87. The molecule has 0 saturated carbocycles. The zero-order valence-corrected chi connectivity index (χ0v) is 13.8. The van der Waals surface area contributed by atoms with E-state index in [2.05, 4.69) is 0 Å². The predicted octanol–water partition coefficient (Wildman–Crippen LogP) is 3.90. The molecule has 0 heterocycles. The minimum absolute atomic E-state index is 0.223. The molecule has 2 aromatic rings. The van der Waals surface area contributed by atoms with Gasteiger partial charge in [0.15, 0.2) is 6.79 Å². The maximum atomic E-state index is 11.7. The summed E-state index contributed by atoms with van der Waals surface area (Å²) in [6.45, 7) is 0.223. The number of carbonyl (C=O) groups is 1. The smallest absolute Gasteiger partial charge is 0.310 e. The summed E-state index contributed by atoms with van der Waals surface area (Å²) >= 11 is 0. The van der Waals surface area contributed by atoms with E-state index in [1.54, 1.807) is 7.11 Å². The van der Waals surface area contributed by atoms with E-state index in [0.717, 1.165) is 17.7 Å². The number of hydrogen-bond donors (Lipinski definition) is 0. The van der Waals surface area contributed by atoms with Gasteiger partial charge in [-0.2, -0.15) is 0 Å². The Morgan fingerprint density at radius 3 is 2.46 bits per heavy atom. The number of allylic oxidation sites excluding steroid dienone is 1. The van der Waals surface area contributed by atoms with Gasteiger partial charge in [0.2, 0.25) is 0 Å². The Kier molecular flexibility index (Phi) is 7.57. The van der Waals surface area contributed by atoms with Crippen LogP contribution in [0, 0.1) is 0 Å². The number of aryl methyl sites for hydroxylation is 1. The standard InChI is InChI=1S/C20H22O4/c1-22-16-24-19-12-9-18(10-13-19)11-14-20(21)23-15-5-8-17-6-3-2-4-7-17/h2-7,9-10,12-13,15H,8,11,14,16H2,1H3/b15-5+. The van der Waals surface area contributed by atoms with Crippen LogP contribution in [0.1, 0.15) is 17.5 Å². The van der Waals surface area contributed by atoms with Crippen LogP contribution in [-0.2, 0) is 27.1 Å². The van der Waals surface area contributed by atoms with Gasteiger partial charge in [-0.15, -0.1) is 0 Å². The van der Waals surface area contributed by atoms with Gasteiger partial charge in [-0.25, -0.2) is 0 Å². The maximum absolute atomic E-state index is 11.7. The third-order valence-corrected chi connectivity index (χ3v) is 3.38. The number of hydrogen-bond acceptors (Lipinski definition) is 4. The molecule has 2 aromatic carbocycles. The molecule has 0 N–H and O–H groups in total. The Balaban J connectivity index is 1.67. The summed E-state index contributed by atoms with van der Waals surface area (Å²) in [5.41, 5.74) is 2.24. The molecule has 2 rings (SSSR count). The van der Waals surface area contributed by atoms with Crippen molar-refractivity contribution in [3.63, 3.8) is 0 Å². The second-order valence-electron chi connectivity index (χ2n) is 5.25. The van der Waals surface area contributed by atoms with Gasteiger partial charge in [-0.1, -0.05) is 42.5 Å². The van der Waals surface area contributed by atoms with Crippen molar-refractivity contribution < 1.29 is 19.0 Å². The van der Waals surface area contributed by atoms with Gasteiger partial charge < -0.3 is 14.2 Å². The summed E-state index contributed by atoms with van der Waals surface area (Å²) in [5, 5.41) is 0. The highest BCUT2D eigenvalue weighted by Gasteiger charge is 2.03. The Bertz CT molecular complexity index is 632. The summed E-state index contributed by atoms with van der Waals surface area (Å²) in [7, 11) is 1.58. The molecule has 0 radical (unpaired) electrons. The lowest BCUT2D eigenvalue weighted by Gasteiger charge is -2.05. The highest BCUT2D eigenvalue weighted by atomic mass is 16.7.